The van der Waals surface area contributed by atoms with Crippen LogP contribution in [0, 0.1) is 6.92 Å². The fraction of sp³-hybridized carbons (Fsp3) is 0.167. The van der Waals surface area contributed by atoms with Crippen LogP contribution in [-0.4, -0.2) is 23.2 Å². The van der Waals surface area contributed by atoms with E-state index in [9.17, 15) is 8.42 Å². The fourth-order valence-corrected chi connectivity index (χ4v) is 5.21. The summed E-state index contributed by atoms with van der Waals surface area (Å²) in [7, 11) is -3.52. The number of hydrogen-bond donors (Lipinski definition) is 1. The summed E-state index contributed by atoms with van der Waals surface area (Å²) in [6.45, 7) is 2.08. The maximum absolute atomic E-state index is 12.6. The molecule has 0 saturated carbocycles. The minimum Gasteiger partial charge on any atom is -0.273 e. The molecule has 0 aliphatic heterocycles. The highest BCUT2D eigenvalue weighted by molar-refractivity contribution is 7.98. The van der Waals surface area contributed by atoms with E-state index in [2.05, 4.69) is 27.1 Å². The van der Waals surface area contributed by atoms with E-state index in [1.807, 2.05) is 72.2 Å². The standard InChI is InChI=1S/C24H24N4O2S2/c1-19-12-14-22(15-13-19)28-23(16-25-32(29,30)18-21-10-6-3-7-11-21)26-27-24(28)31-17-20-8-4-2-5-9-20/h2-15,25H,16-18H2,1H3. The summed E-state index contributed by atoms with van der Waals surface area (Å²) >= 11 is 1.57. The molecule has 3 aromatic carbocycles. The number of rotatable bonds is 9. The van der Waals surface area contributed by atoms with Crippen LogP contribution >= 0.6 is 11.8 Å². The van der Waals surface area contributed by atoms with Gasteiger partial charge in [0.25, 0.3) is 0 Å². The predicted molar refractivity (Wildman–Crippen MR) is 128 cm³/mol. The number of aryl methyl sites for hydroxylation is 1. The molecule has 8 heteroatoms. The van der Waals surface area contributed by atoms with Gasteiger partial charge >= 0.3 is 0 Å². The van der Waals surface area contributed by atoms with Crippen LogP contribution in [0.15, 0.2) is 90.1 Å². The third-order valence-corrected chi connectivity index (χ3v) is 7.15. The lowest BCUT2D eigenvalue weighted by molar-refractivity contribution is 0.577. The first-order chi connectivity index (χ1) is 15.5. The van der Waals surface area contributed by atoms with E-state index in [1.54, 1.807) is 23.9 Å². The Kier molecular flexibility index (Phi) is 7.04. The SMILES string of the molecule is Cc1ccc(-n2c(CNS(=O)(=O)Cc3ccccc3)nnc2SCc2ccccc2)cc1. The lowest BCUT2D eigenvalue weighted by Gasteiger charge is -2.12. The minimum absolute atomic E-state index is 0.0575. The van der Waals surface area contributed by atoms with Crippen molar-refractivity contribution in [1.29, 1.82) is 0 Å². The number of benzene rings is 3. The third-order valence-electron chi connectivity index (χ3n) is 4.85. The van der Waals surface area contributed by atoms with Crippen molar-refractivity contribution in [3.8, 4) is 5.69 Å². The zero-order chi connectivity index (χ0) is 22.4. The summed E-state index contributed by atoms with van der Waals surface area (Å²) in [5.74, 6) is 1.20. The molecule has 0 saturated heterocycles. The molecule has 0 amide bonds. The molecule has 0 spiro atoms. The summed E-state index contributed by atoms with van der Waals surface area (Å²) in [5, 5.41) is 9.38. The molecule has 0 radical (unpaired) electrons. The average molecular weight is 465 g/mol. The Morgan fingerprint density at radius 3 is 2.12 bits per heavy atom. The van der Waals surface area contributed by atoms with Gasteiger partial charge in [-0.1, -0.05) is 90.1 Å². The first-order valence-electron chi connectivity index (χ1n) is 10.2. The molecular weight excluding hydrogens is 440 g/mol. The van der Waals surface area contributed by atoms with E-state index >= 15 is 0 Å². The topological polar surface area (TPSA) is 76.9 Å². The van der Waals surface area contributed by atoms with Crippen LogP contribution in [0.5, 0.6) is 0 Å². The van der Waals surface area contributed by atoms with Gasteiger partial charge in [-0.25, -0.2) is 13.1 Å². The maximum Gasteiger partial charge on any atom is 0.216 e. The van der Waals surface area contributed by atoms with Gasteiger partial charge in [0.1, 0.15) is 0 Å². The molecule has 164 valence electrons. The molecule has 4 aromatic rings. The maximum atomic E-state index is 12.6. The van der Waals surface area contributed by atoms with Crippen LogP contribution in [0.4, 0.5) is 0 Å². The highest BCUT2D eigenvalue weighted by atomic mass is 32.2. The van der Waals surface area contributed by atoms with Crippen molar-refractivity contribution in [3.63, 3.8) is 0 Å². The number of sulfonamides is 1. The molecular formula is C24H24N4O2S2. The van der Waals surface area contributed by atoms with Crippen LogP contribution in [0.3, 0.4) is 0 Å². The summed E-state index contributed by atoms with van der Waals surface area (Å²) in [6, 6.07) is 27.3. The van der Waals surface area contributed by atoms with Crippen molar-refractivity contribution in [3.05, 3.63) is 107 Å². The summed E-state index contributed by atoms with van der Waals surface area (Å²) in [6.07, 6.45) is 0. The highest BCUT2D eigenvalue weighted by Crippen LogP contribution is 2.25. The second kappa shape index (κ2) is 10.1. The molecule has 0 aliphatic rings. The fourth-order valence-electron chi connectivity index (χ4n) is 3.20. The zero-order valence-corrected chi connectivity index (χ0v) is 19.3. The highest BCUT2D eigenvalue weighted by Gasteiger charge is 2.18. The zero-order valence-electron chi connectivity index (χ0n) is 17.7. The molecule has 0 bridgehead atoms. The third kappa shape index (κ3) is 5.85. The summed E-state index contributed by atoms with van der Waals surface area (Å²) in [4.78, 5) is 0. The smallest absolute Gasteiger partial charge is 0.216 e. The van der Waals surface area contributed by atoms with Crippen LogP contribution < -0.4 is 4.72 Å². The Bertz CT molecular complexity index is 1260. The van der Waals surface area contributed by atoms with E-state index in [4.69, 9.17) is 0 Å². The van der Waals surface area contributed by atoms with Crippen molar-refractivity contribution in [2.45, 2.75) is 30.1 Å². The van der Waals surface area contributed by atoms with Crippen molar-refractivity contribution in [2.75, 3.05) is 0 Å². The second-order valence-electron chi connectivity index (χ2n) is 7.41. The van der Waals surface area contributed by atoms with Crippen LogP contribution in [-0.2, 0) is 28.1 Å². The Morgan fingerprint density at radius 1 is 0.844 bits per heavy atom. The predicted octanol–water partition coefficient (Wildman–Crippen LogP) is 4.49. The Labute approximate surface area is 192 Å². The lowest BCUT2D eigenvalue weighted by atomic mass is 10.2. The molecule has 32 heavy (non-hydrogen) atoms. The molecule has 1 aromatic heterocycles. The van der Waals surface area contributed by atoms with Gasteiger partial charge in [-0.15, -0.1) is 10.2 Å². The molecule has 0 aliphatic carbocycles. The first-order valence-corrected chi connectivity index (χ1v) is 12.8. The largest absolute Gasteiger partial charge is 0.273 e. The van der Waals surface area contributed by atoms with Gasteiger partial charge in [0.05, 0.1) is 12.3 Å². The van der Waals surface area contributed by atoms with E-state index in [0.717, 1.165) is 27.7 Å². The van der Waals surface area contributed by atoms with Crippen LogP contribution in [0.25, 0.3) is 5.69 Å². The van der Waals surface area contributed by atoms with Gasteiger partial charge in [0.2, 0.25) is 10.0 Å². The lowest BCUT2D eigenvalue weighted by Crippen LogP contribution is -2.26. The molecule has 4 rings (SSSR count). The molecule has 1 N–H and O–H groups in total. The molecule has 0 atom stereocenters. The second-order valence-corrected chi connectivity index (χ2v) is 10.2. The van der Waals surface area contributed by atoms with E-state index in [1.165, 1.54) is 5.56 Å². The van der Waals surface area contributed by atoms with Gasteiger partial charge in [-0.05, 0) is 30.2 Å². The van der Waals surface area contributed by atoms with Gasteiger partial charge in [0.15, 0.2) is 11.0 Å². The Hall–Kier alpha value is -2.94. The number of hydrogen-bond acceptors (Lipinski definition) is 5. The van der Waals surface area contributed by atoms with E-state index in [-0.39, 0.29) is 12.3 Å². The minimum atomic E-state index is -3.52. The number of nitrogens with zero attached hydrogens (tertiary/aromatic N) is 3. The Balaban J connectivity index is 1.55. The molecule has 0 fully saturated rings. The van der Waals surface area contributed by atoms with Crippen molar-refractivity contribution < 1.29 is 8.42 Å². The van der Waals surface area contributed by atoms with E-state index in [0.29, 0.717) is 5.82 Å². The quantitative estimate of drug-likeness (QED) is 0.370. The van der Waals surface area contributed by atoms with Gasteiger partial charge in [0, 0.05) is 11.4 Å². The van der Waals surface area contributed by atoms with Crippen LogP contribution in [0.1, 0.15) is 22.5 Å². The normalized spacial score (nSPS) is 11.5. The molecule has 1 heterocycles. The summed E-state index contributed by atoms with van der Waals surface area (Å²) in [5.41, 5.74) is 3.96. The van der Waals surface area contributed by atoms with Crippen molar-refractivity contribution in [1.82, 2.24) is 19.5 Å². The van der Waals surface area contributed by atoms with Gasteiger partial charge < -0.3 is 0 Å². The van der Waals surface area contributed by atoms with Crippen molar-refractivity contribution >= 4 is 21.8 Å². The van der Waals surface area contributed by atoms with Crippen molar-refractivity contribution in [2.24, 2.45) is 0 Å². The number of nitrogens with one attached hydrogen (secondary N) is 1. The number of aromatic nitrogens is 3. The number of thioether (sulfide) groups is 1. The monoisotopic (exact) mass is 464 g/mol. The molecule has 0 unspecified atom stereocenters. The Morgan fingerprint density at radius 2 is 1.47 bits per heavy atom. The van der Waals surface area contributed by atoms with Crippen LogP contribution in [0.2, 0.25) is 0 Å². The van der Waals surface area contributed by atoms with E-state index < -0.39 is 10.0 Å². The molecule has 6 nitrogen and oxygen atoms in total. The van der Waals surface area contributed by atoms with Gasteiger partial charge in [-0.3, -0.25) is 4.57 Å². The average Bonchev–Trinajstić information content (AvgIpc) is 3.21. The van der Waals surface area contributed by atoms with Gasteiger partial charge in [-0.2, -0.15) is 0 Å². The first kappa shape index (κ1) is 22.3. The summed E-state index contributed by atoms with van der Waals surface area (Å²) < 4.78 is 29.8.